The molecule has 0 aliphatic heterocycles. The van der Waals surface area contributed by atoms with E-state index in [1.807, 2.05) is 6.08 Å². The van der Waals surface area contributed by atoms with Crippen LogP contribution in [-0.4, -0.2) is 25.4 Å². The van der Waals surface area contributed by atoms with Gasteiger partial charge in [0.15, 0.2) is 0 Å². The van der Waals surface area contributed by atoms with Gasteiger partial charge in [-0.2, -0.15) is 0 Å². The van der Waals surface area contributed by atoms with Gasteiger partial charge in [-0.25, -0.2) is 0 Å². The molecule has 0 aliphatic rings. The first-order valence-corrected chi connectivity index (χ1v) is 13.3. The third-order valence-corrected chi connectivity index (χ3v) is 14.9. The summed E-state index contributed by atoms with van der Waals surface area (Å²) in [7, 11) is 6.73. The second kappa shape index (κ2) is 8.66. The molecule has 0 heterocycles. The Morgan fingerprint density at radius 1 is 1.33 bits per heavy atom. The first-order chi connectivity index (χ1) is 7.11. The Kier molecular flexibility index (Phi) is 8.97. The fourth-order valence-corrected chi connectivity index (χ4v) is 8.28. The predicted octanol–water partition coefficient (Wildman–Crippen LogP) is 4.01. The molecule has 0 aliphatic carbocycles. The van der Waals surface area contributed by atoms with Crippen LogP contribution in [-0.2, 0) is 0 Å². The van der Waals surface area contributed by atoms with Gasteiger partial charge in [0.2, 0.25) is 0 Å². The molecule has 0 fully saturated rings. The Labute approximate surface area is 102 Å². The summed E-state index contributed by atoms with van der Waals surface area (Å²) >= 11 is -1.94. The minimum atomic E-state index is -1.94. The summed E-state index contributed by atoms with van der Waals surface area (Å²) in [5.74, 6) is 0.766. The van der Waals surface area contributed by atoms with Crippen LogP contribution in [0.4, 0.5) is 0 Å². The summed E-state index contributed by atoms with van der Waals surface area (Å²) in [5.41, 5.74) is 0. The molecule has 0 saturated heterocycles. The summed E-state index contributed by atoms with van der Waals surface area (Å²) in [6, 6.07) is 0. The Bertz CT molecular complexity index is 169. The van der Waals surface area contributed by atoms with Crippen molar-refractivity contribution < 1.29 is 0 Å². The molecular formula is C12H26ClGeN. The maximum atomic E-state index is 6.73. The van der Waals surface area contributed by atoms with Crippen LogP contribution >= 0.6 is 10.0 Å². The second-order valence-corrected chi connectivity index (χ2v) is 17.1. The molecule has 0 saturated carbocycles. The SMILES string of the molecule is C=CCNCC(CC)[CH2][Ge]([Cl])([CH2]C)[CH2]C. The van der Waals surface area contributed by atoms with Crippen LogP contribution in [0.1, 0.15) is 27.2 Å². The van der Waals surface area contributed by atoms with Gasteiger partial charge in [-0.3, -0.25) is 0 Å². The van der Waals surface area contributed by atoms with Crippen molar-refractivity contribution >= 4 is 22.3 Å². The van der Waals surface area contributed by atoms with Crippen LogP contribution in [0.3, 0.4) is 0 Å². The number of halogens is 1. The second-order valence-electron chi connectivity index (χ2n) is 4.28. The van der Waals surface area contributed by atoms with Crippen molar-refractivity contribution in [2.75, 3.05) is 13.1 Å². The van der Waals surface area contributed by atoms with Crippen LogP contribution in [0.5, 0.6) is 0 Å². The van der Waals surface area contributed by atoms with E-state index in [2.05, 4.69) is 32.7 Å². The third-order valence-electron chi connectivity index (χ3n) is 3.22. The van der Waals surface area contributed by atoms with E-state index in [9.17, 15) is 0 Å². The van der Waals surface area contributed by atoms with Crippen molar-refractivity contribution in [1.82, 2.24) is 5.32 Å². The van der Waals surface area contributed by atoms with Crippen LogP contribution in [0.15, 0.2) is 12.7 Å². The fraction of sp³-hybridized carbons (Fsp3) is 0.833. The Balaban J connectivity index is 4.00. The molecule has 0 spiro atoms. The van der Waals surface area contributed by atoms with E-state index >= 15 is 0 Å². The number of hydrogen-bond donors (Lipinski definition) is 1. The first-order valence-electron chi connectivity index (χ1n) is 6.12. The van der Waals surface area contributed by atoms with Gasteiger partial charge in [0.05, 0.1) is 0 Å². The Morgan fingerprint density at radius 3 is 2.33 bits per heavy atom. The van der Waals surface area contributed by atoms with Gasteiger partial charge in [0, 0.05) is 0 Å². The van der Waals surface area contributed by atoms with Crippen LogP contribution < -0.4 is 5.32 Å². The average Bonchev–Trinajstić information content (AvgIpc) is 2.27. The van der Waals surface area contributed by atoms with Crippen molar-refractivity contribution in [1.29, 1.82) is 0 Å². The van der Waals surface area contributed by atoms with Gasteiger partial charge in [-0.1, -0.05) is 0 Å². The van der Waals surface area contributed by atoms with E-state index in [1.54, 1.807) is 0 Å². The Morgan fingerprint density at radius 2 is 1.93 bits per heavy atom. The third kappa shape index (κ3) is 6.65. The molecule has 0 aromatic carbocycles. The minimum absolute atomic E-state index is 0.766. The van der Waals surface area contributed by atoms with Gasteiger partial charge in [0.25, 0.3) is 0 Å². The molecule has 3 heteroatoms. The summed E-state index contributed by atoms with van der Waals surface area (Å²) in [6.45, 7) is 12.5. The molecule has 0 rings (SSSR count). The van der Waals surface area contributed by atoms with Crippen molar-refractivity contribution in [3.8, 4) is 0 Å². The average molecular weight is 292 g/mol. The monoisotopic (exact) mass is 293 g/mol. The van der Waals surface area contributed by atoms with E-state index in [0.29, 0.717) is 0 Å². The van der Waals surface area contributed by atoms with E-state index in [0.717, 1.165) is 19.0 Å². The zero-order valence-corrected chi connectivity index (χ0v) is 13.3. The standard InChI is InChI=1S/C12H26ClGeN/c1-5-9-15-11-12(6-2)10-14(13,7-3)8-4/h5,12,15H,1,6-11H2,2-4H3. The van der Waals surface area contributed by atoms with Gasteiger partial charge < -0.3 is 0 Å². The predicted molar refractivity (Wildman–Crippen MR) is 74.2 cm³/mol. The molecule has 0 radical (unpaired) electrons. The number of nitrogens with one attached hydrogen (secondary N) is 1. The van der Waals surface area contributed by atoms with E-state index in [-0.39, 0.29) is 0 Å². The van der Waals surface area contributed by atoms with E-state index < -0.39 is 12.3 Å². The molecule has 0 aromatic rings. The molecule has 1 nitrogen and oxygen atoms in total. The molecule has 0 bridgehead atoms. The summed E-state index contributed by atoms with van der Waals surface area (Å²) in [6.07, 6.45) is 3.16. The summed E-state index contributed by atoms with van der Waals surface area (Å²) < 4.78 is 0. The molecule has 0 amide bonds. The zero-order valence-electron chi connectivity index (χ0n) is 10.5. The molecule has 0 aromatic heterocycles. The van der Waals surface area contributed by atoms with Gasteiger partial charge in [0.1, 0.15) is 0 Å². The molecular weight excluding hydrogens is 266 g/mol. The van der Waals surface area contributed by atoms with Crippen molar-refractivity contribution in [3.63, 3.8) is 0 Å². The zero-order chi connectivity index (χ0) is 11.7. The molecule has 15 heavy (non-hydrogen) atoms. The molecule has 1 N–H and O–H groups in total. The van der Waals surface area contributed by atoms with Gasteiger partial charge >= 0.3 is 102 Å². The van der Waals surface area contributed by atoms with Crippen molar-refractivity contribution in [3.05, 3.63) is 12.7 Å². The number of hydrogen-bond acceptors (Lipinski definition) is 1. The number of rotatable bonds is 9. The molecule has 1 unspecified atom stereocenters. The van der Waals surface area contributed by atoms with Crippen LogP contribution in [0.25, 0.3) is 0 Å². The van der Waals surface area contributed by atoms with Crippen molar-refractivity contribution in [2.24, 2.45) is 5.92 Å². The summed E-state index contributed by atoms with van der Waals surface area (Å²) in [4.78, 5) is 0. The van der Waals surface area contributed by atoms with Gasteiger partial charge in [-0.15, -0.1) is 0 Å². The van der Waals surface area contributed by atoms with E-state index in [4.69, 9.17) is 10.0 Å². The quantitative estimate of drug-likeness (QED) is 0.384. The first kappa shape index (κ1) is 15.5. The van der Waals surface area contributed by atoms with Crippen molar-refractivity contribution in [2.45, 2.75) is 43.0 Å². The molecule has 1 atom stereocenters. The van der Waals surface area contributed by atoms with Gasteiger partial charge in [-0.05, 0) is 0 Å². The summed E-state index contributed by atoms with van der Waals surface area (Å²) in [5, 5.41) is 7.20. The molecule has 90 valence electrons. The normalized spacial score (nSPS) is 13.9. The fourth-order valence-electron chi connectivity index (χ4n) is 1.81. The Hall–Kier alpha value is 0.533. The van der Waals surface area contributed by atoms with Crippen LogP contribution in [0, 0.1) is 5.92 Å². The topological polar surface area (TPSA) is 12.0 Å². The maximum absolute atomic E-state index is 6.73. The van der Waals surface area contributed by atoms with Crippen LogP contribution in [0.2, 0.25) is 15.8 Å². The van der Waals surface area contributed by atoms with E-state index in [1.165, 1.54) is 22.2 Å².